The summed E-state index contributed by atoms with van der Waals surface area (Å²) in [5.74, 6) is -0.875. The SMILES string of the molecule is CCCCCC/C=C\C/C=C\CCCCCCCCCC(=O)OC(COC(=O)CCCCCCC/C=C\CCCCCCC)COC(=O)CCCCCCCCCCCCCCCCC/C=C\C/C=C\CCCCCCC. The van der Waals surface area contributed by atoms with Crippen LogP contribution in [-0.4, -0.2) is 37.2 Å². The average Bonchev–Trinajstić information content (AvgIpc) is 3.43. The minimum Gasteiger partial charge on any atom is -0.462 e. The number of carbonyl (C=O) groups is 3. The molecule has 0 aliphatic rings. The molecular formula is C71H128O6. The molecule has 0 fully saturated rings. The fourth-order valence-corrected chi connectivity index (χ4v) is 9.85. The molecule has 0 N–H and O–H groups in total. The predicted molar refractivity (Wildman–Crippen MR) is 335 cm³/mol. The second kappa shape index (κ2) is 65.6. The largest absolute Gasteiger partial charge is 0.462 e. The lowest BCUT2D eigenvalue weighted by molar-refractivity contribution is -0.167. The second-order valence-corrected chi connectivity index (χ2v) is 22.7. The second-order valence-electron chi connectivity index (χ2n) is 22.7. The highest BCUT2D eigenvalue weighted by molar-refractivity contribution is 5.71. The van der Waals surface area contributed by atoms with Crippen molar-refractivity contribution in [3.05, 3.63) is 60.8 Å². The van der Waals surface area contributed by atoms with Gasteiger partial charge >= 0.3 is 17.9 Å². The number of esters is 3. The Morgan fingerprint density at radius 3 is 0.740 bits per heavy atom. The molecule has 0 spiro atoms. The van der Waals surface area contributed by atoms with E-state index in [2.05, 4.69) is 81.5 Å². The van der Waals surface area contributed by atoms with Crippen LogP contribution < -0.4 is 0 Å². The number of allylic oxidation sites excluding steroid dienone is 10. The maximum Gasteiger partial charge on any atom is 0.306 e. The summed E-state index contributed by atoms with van der Waals surface area (Å²) in [6, 6.07) is 0. The zero-order valence-electron chi connectivity index (χ0n) is 51.5. The van der Waals surface area contributed by atoms with E-state index in [-0.39, 0.29) is 31.1 Å². The van der Waals surface area contributed by atoms with E-state index in [0.29, 0.717) is 19.3 Å². The molecule has 0 aromatic carbocycles. The molecule has 0 saturated carbocycles. The van der Waals surface area contributed by atoms with Crippen LogP contribution in [0.1, 0.15) is 355 Å². The Morgan fingerprint density at radius 2 is 0.468 bits per heavy atom. The number of ether oxygens (including phenoxy) is 3. The Balaban J connectivity index is 4.27. The van der Waals surface area contributed by atoms with Crippen LogP contribution in [0, 0.1) is 0 Å². The Kier molecular flexibility index (Phi) is 63.2. The molecule has 1 atom stereocenters. The molecule has 448 valence electrons. The zero-order chi connectivity index (χ0) is 55.7. The van der Waals surface area contributed by atoms with Crippen molar-refractivity contribution in [1.82, 2.24) is 0 Å². The summed E-state index contributed by atoms with van der Waals surface area (Å²) < 4.78 is 16.9. The van der Waals surface area contributed by atoms with Gasteiger partial charge in [0.15, 0.2) is 6.10 Å². The summed E-state index contributed by atoms with van der Waals surface area (Å²) in [5, 5.41) is 0. The van der Waals surface area contributed by atoms with E-state index < -0.39 is 6.10 Å². The summed E-state index contributed by atoms with van der Waals surface area (Å²) in [6.45, 7) is 6.64. The lowest BCUT2D eigenvalue weighted by Gasteiger charge is -2.18. The van der Waals surface area contributed by atoms with Crippen LogP contribution in [0.4, 0.5) is 0 Å². The van der Waals surface area contributed by atoms with Crippen molar-refractivity contribution in [1.29, 1.82) is 0 Å². The van der Waals surface area contributed by atoms with Gasteiger partial charge in [0.2, 0.25) is 0 Å². The third-order valence-corrected chi connectivity index (χ3v) is 15.0. The van der Waals surface area contributed by atoms with E-state index >= 15 is 0 Å². The molecule has 0 aliphatic carbocycles. The molecule has 0 aliphatic heterocycles. The quantitative estimate of drug-likeness (QED) is 0.0261. The van der Waals surface area contributed by atoms with E-state index in [1.807, 2.05) is 0 Å². The van der Waals surface area contributed by atoms with Gasteiger partial charge in [-0.25, -0.2) is 0 Å². The first kappa shape index (κ1) is 74.1. The predicted octanol–water partition coefficient (Wildman–Crippen LogP) is 23.1. The number of rotatable bonds is 62. The van der Waals surface area contributed by atoms with Crippen LogP contribution in [0.2, 0.25) is 0 Å². The Labute approximate surface area is 479 Å². The van der Waals surface area contributed by atoms with Crippen molar-refractivity contribution in [2.75, 3.05) is 13.2 Å². The summed E-state index contributed by atoms with van der Waals surface area (Å²) >= 11 is 0. The molecule has 0 amide bonds. The van der Waals surface area contributed by atoms with Gasteiger partial charge in [0.05, 0.1) is 0 Å². The van der Waals surface area contributed by atoms with Gasteiger partial charge in [0.25, 0.3) is 0 Å². The first-order chi connectivity index (χ1) is 38.0. The van der Waals surface area contributed by atoms with Gasteiger partial charge in [-0.1, -0.05) is 287 Å². The van der Waals surface area contributed by atoms with Crippen LogP contribution in [0.25, 0.3) is 0 Å². The summed E-state index contributed by atoms with van der Waals surface area (Å²) in [6.07, 6.45) is 83.8. The van der Waals surface area contributed by atoms with Gasteiger partial charge in [-0.15, -0.1) is 0 Å². The lowest BCUT2D eigenvalue weighted by Crippen LogP contribution is -2.30. The minimum absolute atomic E-state index is 0.0776. The van der Waals surface area contributed by atoms with Crippen LogP contribution in [0.5, 0.6) is 0 Å². The maximum absolute atomic E-state index is 12.9. The topological polar surface area (TPSA) is 78.9 Å². The van der Waals surface area contributed by atoms with Gasteiger partial charge in [-0.2, -0.15) is 0 Å². The number of unbranched alkanes of at least 4 members (excludes halogenated alkanes) is 41. The van der Waals surface area contributed by atoms with Crippen molar-refractivity contribution >= 4 is 17.9 Å². The Hall–Kier alpha value is -2.89. The van der Waals surface area contributed by atoms with Crippen molar-refractivity contribution in [3.8, 4) is 0 Å². The van der Waals surface area contributed by atoms with Crippen molar-refractivity contribution in [2.45, 2.75) is 361 Å². The Morgan fingerprint density at radius 1 is 0.260 bits per heavy atom. The fraction of sp³-hybridized carbons (Fsp3) is 0.817. The number of hydrogen-bond acceptors (Lipinski definition) is 6. The molecule has 0 bridgehead atoms. The highest BCUT2D eigenvalue weighted by Crippen LogP contribution is 2.17. The first-order valence-electron chi connectivity index (χ1n) is 33.8. The maximum atomic E-state index is 12.9. The molecule has 0 heterocycles. The normalized spacial score (nSPS) is 12.4. The van der Waals surface area contributed by atoms with Crippen molar-refractivity contribution < 1.29 is 28.6 Å². The van der Waals surface area contributed by atoms with E-state index in [1.54, 1.807) is 0 Å². The van der Waals surface area contributed by atoms with Gasteiger partial charge in [-0.05, 0) is 109 Å². The third-order valence-electron chi connectivity index (χ3n) is 15.0. The molecule has 0 rings (SSSR count). The molecule has 6 heteroatoms. The molecular weight excluding hydrogens is 949 g/mol. The molecule has 0 aromatic heterocycles. The fourth-order valence-electron chi connectivity index (χ4n) is 9.85. The summed E-state index contributed by atoms with van der Waals surface area (Å²) in [7, 11) is 0. The Bertz CT molecular complexity index is 1380. The highest BCUT2D eigenvalue weighted by Gasteiger charge is 2.19. The number of carbonyl (C=O) groups excluding carboxylic acids is 3. The highest BCUT2D eigenvalue weighted by atomic mass is 16.6. The minimum atomic E-state index is -0.782. The van der Waals surface area contributed by atoms with Crippen LogP contribution in [-0.2, 0) is 28.6 Å². The molecule has 0 saturated heterocycles. The van der Waals surface area contributed by atoms with Crippen molar-refractivity contribution in [3.63, 3.8) is 0 Å². The monoisotopic (exact) mass is 1080 g/mol. The smallest absolute Gasteiger partial charge is 0.306 e. The number of hydrogen-bond donors (Lipinski definition) is 0. The average molecular weight is 1080 g/mol. The zero-order valence-corrected chi connectivity index (χ0v) is 51.5. The van der Waals surface area contributed by atoms with Gasteiger partial charge in [-0.3, -0.25) is 14.4 Å². The van der Waals surface area contributed by atoms with Gasteiger partial charge in [0, 0.05) is 19.3 Å². The summed E-state index contributed by atoms with van der Waals surface area (Å²) in [4.78, 5) is 38.4. The first-order valence-corrected chi connectivity index (χ1v) is 33.8. The lowest BCUT2D eigenvalue weighted by atomic mass is 10.0. The van der Waals surface area contributed by atoms with E-state index in [1.165, 1.54) is 231 Å². The molecule has 0 radical (unpaired) electrons. The standard InChI is InChI=1S/C71H128O6/c1-4-7-10-13-16-19-22-25-28-30-32-33-34-35-36-37-38-39-40-42-43-46-49-52-55-58-61-64-70(73)76-67-68(66-75-69(72)63-60-57-54-51-48-45-27-24-21-18-15-12-9-6-3)77-71(74)65-62-59-56-53-50-47-44-41-31-29-26-23-20-17-14-11-8-5-2/h20,22-25,27,29-32,68H,4-19,21,26,28,33-67H2,1-3H3/b23-20-,25-22-,27-24-,31-29-,32-30-. The molecule has 6 nitrogen and oxygen atoms in total. The van der Waals surface area contributed by atoms with Gasteiger partial charge in [0.1, 0.15) is 13.2 Å². The third kappa shape index (κ3) is 63.8. The molecule has 0 aromatic rings. The van der Waals surface area contributed by atoms with E-state index in [4.69, 9.17) is 14.2 Å². The van der Waals surface area contributed by atoms with Gasteiger partial charge < -0.3 is 14.2 Å². The van der Waals surface area contributed by atoms with Crippen LogP contribution in [0.3, 0.4) is 0 Å². The molecule has 77 heavy (non-hydrogen) atoms. The van der Waals surface area contributed by atoms with Crippen LogP contribution in [0.15, 0.2) is 60.8 Å². The summed E-state index contributed by atoms with van der Waals surface area (Å²) in [5.41, 5.74) is 0. The van der Waals surface area contributed by atoms with Crippen LogP contribution >= 0.6 is 0 Å². The molecule has 1 unspecified atom stereocenters. The van der Waals surface area contributed by atoms with E-state index in [0.717, 1.165) is 83.5 Å². The van der Waals surface area contributed by atoms with Crippen molar-refractivity contribution in [2.24, 2.45) is 0 Å². The van der Waals surface area contributed by atoms with E-state index in [9.17, 15) is 14.4 Å².